The highest BCUT2D eigenvalue weighted by molar-refractivity contribution is 8.00. The molecule has 3 rings (SSSR count). The molecule has 1 atom stereocenters. The van der Waals surface area contributed by atoms with Gasteiger partial charge >= 0.3 is 6.09 Å². The van der Waals surface area contributed by atoms with Crippen molar-refractivity contribution in [1.82, 2.24) is 9.62 Å². The molecule has 42 heavy (non-hydrogen) atoms. The van der Waals surface area contributed by atoms with Crippen molar-refractivity contribution >= 4 is 45.4 Å². The van der Waals surface area contributed by atoms with E-state index in [-0.39, 0.29) is 42.7 Å². The first-order chi connectivity index (χ1) is 19.9. The molecule has 0 radical (unpaired) electrons. The molecular weight excluding hydrogens is 600 g/mol. The number of nitrogens with zero attached hydrogens (tertiary/aromatic N) is 1. The largest absolute Gasteiger partial charge is 0.465 e. The molecule has 226 valence electrons. The zero-order chi connectivity index (χ0) is 30.9. The molecule has 9 nitrogen and oxygen atoms in total. The van der Waals surface area contributed by atoms with Gasteiger partial charge in [-0.05, 0) is 59.4 Å². The monoisotopic (exact) mass is 634 g/mol. The fraction of sp³-hybridized carbons (Fsp3) is 0.333. The number of carboxylic acid groups (broad SMARTS) is 1. The van der Waals surface area contributed by atoms with Crippen LogP contribution in [0, 0.1) is 0 Å². The van der Waals surface area contributed by atoms with Gasteiger partial charge in [-0.3, -0.25) is 4.79 Å². The predicted molar refractivity (Wildman–Crippen MR) is 166 cm³/mol. The second kappa shape index (κ2) is 15.4. The summed E-state index contributed by atoms with van der Waals surface area (Å²) in [7, 11) is -3.87. The third-order valence-corrected chi connectivity index (χ3v) is 8.88. The molecule has 0 heterocycles. The lowest BCUT2D eigenvalue weighted by atomic mass is 10.0. The van der Waals surface area contributed by atoms with Gasteiger partial charge in [0.15, 0.2) is 0 Å². The minimum atomic E-state index is -3.87. The first-order valence-electron chi connectivity index (χ1n) is 13.4. The molecule has 0 unspecified atom stereocenters. The lowest BCUT2D eigenvalue weighted by Gasteiger charge is -2.23. The average Bonchev–Trinajstić information content (AvgIpc) is 2.93. The highest BCUT2D eigenvalue weighted by Crippen LogP contribution is 2.32. The van der Waals surface area contributed by atoms with E-state index in [4.69, 9.17) is 16.7 Å². The number of aliphatic hydroxyl groups excluding tert-OH is 2. The topological polar surface area (TPSA) is 144 Å². The van der Waals surface area contributed by atoms with E-state index < -0.39 is 28.1 Å². The van der Waals surface area contributed by atoms with Crippen molar-refractivity contribution in [3.05, 3.63) is 88.4 Å². The average molecular weight is 635 g/mol. The minimum absolute atomic E-state index is 0.0322. The van der Waals surface area contributed by atoms with E-state index in [0.717, 1.165) is 16.7 Å². The minimum Gasteiger partial charge on any atom is -0.465 e. The Hall–Kier alpha value is -3.09. The zero-order valence-electron chi connectivity index (χ0n) is 23.4. The molecule has 0 aliphatic heterocycles. The molecule has 0 aliphatic carbocycles. The number of carbonyl (C=O) groups excluding carboxylic acids is 1. The van der Waals surface area contributed by atoms with Crippen molar-refractivity contribution in [1.29, 1.82) is 0 Å². The van der Waals surface area contributed by atoms with Gasteiger partial charge < -0.3 is 20.2 Å². The lowest BCUT2D eigenvalue weighted by molar-refractivity contribution is 0.0971. The Kier molecular flexibility index (Phi) is 12.3. The highest BCUT2D eigenvalue weighted by atomic mass is 35.5. The molecule has 0 saturated heterocycles. The lowest BCUT2D eigenvalue weighted by Crippen LogP contribution is -2.35. The fourth-order valence-electron chi connectivity index (χ4n) is 4.16. The number of halogens is 1. The van der Waals surface area contributed by atoms with Crippen LogP contribution in [0.4, 0.5) is 4.79 Å². The number of thioether (sulfide) groups is 1. The van der Waals surface area contributed by atoms with Crippen molar-refractivity contribution < 1.29 is 33.3 Å². The summed E-state index contributed by atoms with van der Waals surface area (Å²) >= 11 is 7.43. The number of nitrogens with one attached hydrogen (secondary N) is 1. The summed E-state index contributed by atoms with van der Waals surface area (Å²) < 4.78 is 26.5. The number of rotatable bonds is 14. The van der Waals surface area contributed by atoms with Crippen molar-refractivity contribution in [3.63, 3.8) is 0 Å². The number of amides is 2. The van der Waals surface area contributed by atoms with Crippen LogP contribution in [0.3, 0.4) is 0 Å². The normalized spacial score (nSPS) is 12.2. The smallest absolute Gasteiger partial charge is 0.407 e. The molecule has 0 aliphatic rings. The Morgan fingerprint density at radius 1 is 1.02 bits per heavy atom. The molecule has 3 aromatic carbocycles. The van der Waals surface area contributed by atoms with Gasteiger partial charge in [-0.15, -0.1) is 11.8 Å². The Morgan fingerprint density at radius 3 is 2.33 bits per heavy atom. The number of hydrogen-bond acceptors (Lipinski definition) is 7. The van der Waals surface area contributed by atoms with E-state index in [1.807, 2.05) is 44.2 Å². The third-order valence-electron chi connectivity index (χ3n) is 6.26. The maximum atomic E-state index is 12.8. The summed E-state index contributed by atoms with van der Waals surface area (Å²) in [5.74, 6) is -1.07. The molecule has 0 aromatic heterocycles. The van der Waals surface area contributed by atoms with Gasteiger partial charge in [-0.25, -0.2) is 17.9 Å². The maximum Gasteiger partial charge on any atom is 0.407 e. The molecule has 0 bridgehead atoms. The summed E-state index contributed by atoms with van der Waals surface area (Å²) in [6.45, 7) is 3.75. The van der Waals surface area contributed by atoms with Gasteiger partial charge in [0.25, 0.3) is 5.91 Å². The molecule has 0 fully saturated rings. The van der Waals surface area contributed by atoms with Gasteiger partial charge in [0.2, 0.25) is 10.0 Å². The van der Waals surface area contributed by atoms with Crippen molar-refractivity contribution in [2.24, 2.45) is 0 Å². The maximum absolute atomic E-state index is 12.8. The van der Waals surface area contributed by atoms with E-state index in [9.17, 15) is 28.2 Å². The van der Waals surface area contributed by atoms with Crippen molar-refractivity contribution in [2.75, 3.05) is 25.4 Å². The zero-order valence-corrected chi connectivity index (χ0v) is 25.8. The SMILES string of the molecule is CC(C)Sc1cc(-c2ccc(CCN(C[C@H](O)c3cccc(Cl)c3)C(=O)O)cc2)ccc1C(=O)NS(=O)(=O)CCCO. The van der Waals surface area contributed by atoms with Gasteiger partial charge in [0.1, 0.15) is 0 Å². The summed E-state index contributed by atoms with van der Waals surface area (Å²) in [6, 6.07) is 19.5. The summed E-state index contributed by atoms with van der Waals surface area (Å²) in [5, 5.41) is 29.7. The van der Waals surface area contributed by atoms with Crippen molar-refractivity contribution in [3.8, 4) is 11.1 Å². The van der Waals surface area contributed by atoms with Crippen LogP contribution in [-0.4, -0.2) is 71.3 Å². The van der Waals surface area contributed by atoms with E-state index in [1.54, 1.807) is 36.4 Å². The van der Waals surface area contributed by atoms with E-state index >= 15 is 0 Å². The summed E-state index contributed by atoms with van der Waals surface area (Å²) in [5.41, 5.74) is 3.40. The second-order valence-electron chi connectivity index (χ2n) is 9.95. The molecule has 2 amide bonds. The molecule has 0 spiro atoms. The third kappa shape index (κ3) is 10.0. The number of benzene rings is 3. The fourth-order valence-corrected chi connectivity index (χ4v) is 6.36. The Balaban J connectivity index is 1.71. The van der Waals surface area contributed by atoms with Crippen LogP contribution < -0.4 is 4.72 Å². The number of hydrogen-bond donors (Lipinski definition) is 4. The van der Waals surface area contributed by atoms with Gasteiger partial charge in [0.05, 0.1) is 24.0 Å². The van der Waals surface area contributed by atoms with E-state index in [2.05, 4.69) is 4.72 Å². The van der Waals surface area contributed by atoms with Crippen LogP contribution in [0.15, 0.2) is 71.6 Å². The summed E-state index contributed by atoms with van der Waals surface area (Å²) in [6.07, 6.45) is -1.67. The van der Waals surface area contributed by atoms with Crippen LogP contribution in [0.1, 0.15) is 47.9 Å². The van der Waals surface area contributed by atoms with Crippen LogP contribution in [-0.2, 0) is 16.4 Å². The van der Waals surface area contributed by atoms with Crippen LogP contribution in [0.25, 0.3) is 11.1 Å². The molecule has 0 saturated carbocycles. The summed E-state index contributed by atoms with van der Waals surface area (Å²) in [4.78, 5) is 26.4. The standard InChI is InChI=1S/C30H35ClN2O7S2/c1-20(2)41-28-18-23(11-12-26(28)29(36)32-42(39,40)16-4-15-34)22-9-7-21(8-10-22)13-14-33(30(37)38)19-27(35)24-5-3-6-25(31)17-24/h3,5-12,17-18,20,27,34-35H,4,13-16,19H2,1-2H3,(H,32,36)(H,37,38)/t27-/m0/s1. The Labute approximate surface area is 255 Å². The Bertz CT molecular complexity index is 1480. The predicted octanol–water partition coefficient (Wildman–Crippen LogP) is 5.21. The van der Waals surface area contributed by atoms with Crippen LogP contribution >= 0.6 is 23.4 Å². The van der Waals surface area contributed by atoms with Gasteiger partial charge in [0, 0.05) is 28.3 Å². The van der Waals surface area contributed by atoms with E-state index in [0.29, 0.717) is 21.9 Å². The van der Waals surface area contributed by atoms with Crippen LogP contribution in [0.2, 0.25) is 5.02 Å². The second-order valence-corrected chi connectivity index (χ2v) is 13.8. The van der Waals surface area contributed by atoms with E-state index in [1.165, 1.54) is 16.7 Å². The van der Waals surface area contributed by atoms with Crippen LogP contribution in [0.5, 0.6) is 0 Å². The first kappa shape index (κ1) is 33.4. The molecule has 12 heteroatoms. The molecule has 3 aromatic rings. The van der Waals surface area contributed by atoms with Gasteiger partial charge in [-0.2, -0.15) is 0 Å². The van der Waals surface area contributed by atoms with Gasteiger partial charge in [-0.1, -0.05) is 67.9 Å². The highest BCUT2D eigenvalue weighted by Gasteiger charge is 2.21. The quantitative estimate of drug-likeness (QED) is 0.177. The Morgan fingerprint density at radius 2 is 1.71 bits per heavy atom. The number of aliphatic hydroxyl groups is 2. The number of sulfonamides is 1. The number of carbonyl (C=O) groups is 2. The first-order valence-corrected chi connectivity index (χ1v) is 16.3. The molecule has 4 N–H and O–H groups in total. The van der Waals surface area contributed by atoms with Crippen molar-refractivity contribution in [2.45, 2.75) is 42.9 Å². The molecular formula is C30H35ClN2O7S2.